The first kappa shape index (κ1) is 10.2. The molecule has 0 fully saturated rings. The third-order valence-electron chi connectivity index (χ3n) is 1.11. The number of hydrogen-bond donors (Lipinski definition) is 2. The Bertz CT molecular complexity index is 116. The summed E-state index contributed by atoms with van der Waals surface area (Å²) in [4.78, 5) is 10.7. The molecule has 1 unspecified atom stereocenters. The number of amides is 1. The first-order chi connectivity index (χ1) is 5.20. The minimum Gasteiger partial charge on any atom is -0.450 e. The molecule has 0 radical (unpaired) electrons. The summed E-state index contributed by atoms with van der Waals surface area (Å²) in [5.41, 5.74) is 0. The molecule has 0 bridgehead atoms. The summed E-state index contributed by atoms with van der Waals surface area (Å²) < 4.78 is 4.65. The van der Waals surface area contributed by atoms with E-state index in [1.54, 1.807) is 6.92 Å². The minimum absolute atomic E-state index is 0.391. The fourth-order valence-electron chi connectivity index (χ4n) is 0.475. The Morgan fingerprint density at radius 2 is 2.27 bits per heavy atom. The first-order valence-corrected chi connectivity index (χ1v) is 3.82. The van der Waals surface area contributed by atoms with Gasteiger partial charge in [-0.1, -0.05) is 13.8 Å². The van der Waals surface area contributed by atoms with E-state index in [9.17, 15) is 4.79 Å². The largest absolute Gasteiger partial charge is 0.450 e. The van der Waals surface area contributed by atoms with Crippen LogP contribution in [0.4, 0.5) is 4.79 Å². The molecule has 0 aromatic rings. The van der Waals surface area contributed by atoms with Crippen LogP contribution in [0.25, 0.3) is 0 Å². The molecule has 2 N–H and O–H groups in total. The van der Waals surface area contributed by atoms with Crippen LogP contribution in [-0.2, 0) is 4.74 Å². The van der Waals surface area contributed by atoms with Crippen LogP contribution >= 0.6 is 0 Å². The summed E-state index contributed by atoms with van der Waals surface area (Å²) in [6.07, 6.45) is -0.0720. The topological polar surface area (TPSA) is 58.6 Å². The molecule has 66 valence electrons. The molecule has 4 heteroatoms. The van der Waals surface area contributed by atoms with Crippen LogP contribution < -0.4 is 5.32 Å². The molecule has 0 spiro atoms. The zero-order valence-corrected chi connectivity index (χ0v) is 6.96. The average molecular weight is 161 g/mol. The van der Waals surface area contributed by atoms with E-state index >= 15 is 0 Å². The van der Waals surface area contributed by atoms with Gasteiger partial charge in [0.05, 0.1) is 6.61 Å². The lowest BCUT2D eigenvalue weighted by atomic mass is 10.4. The number of alkyl carbamates (subject to hydrolysis) is 1. The molecule has 0 aliphatic heterocycles. The van der Waals surface area contributed by atoms with Crippen molar-refractivity contribution in [3.8, 4) is 0 Å². The van der Waals surface area contributed by atoms with Crippen LogP contribution in [0.15, 0.2) is 0 Å². The van der Waals surface area contributed by atoms with E-state index in [0.717, 1.165) is 6.42 Å². The highest BCUT2D eigenvalue weighted by molar-refractivity contribution is 5.67. The van der Waals surface area contributed by atoms with Gasteiger partial charge < -0.3 is 9.84 Å². The normalized spacial score (nSPS) is 12.3. The molecule has 11 heavy (non-hydrogen) atoms. The summed E-state index contributed by atoms with van der Waals surface area (Å²) in [5, 5.41) is 11.2. The van der Waals surface area contributed by atoms with E-state index in [4.69, 9.17) is 5.11 Å². The standard InChI is InChI=1S/C7H15NO3/c1-3-5-11-7(10)8-6(9)4-2/h6,9H,3-5H2,1-2H3,(H,8,10). The molecule has 0 aliphatic carbocycles. The van der Waals surface area contributed by atoms with Crippen LogP contribution in [0.3, 0.4) is 0 Å². The number of nitrogens with one attached hydrogen (secondary N) is 1. The number of carbonyl (C=O) groups excluding carboxylic acids is 1. The molecule has 0 saturated heterocycles. The molecule has 0 aromatic carbocycles. The summed E-state index contributed by atoms with van der Waals surface area (Å²) >= 11 is 0. The number of hydrogen-bond acceptors (Lipinski definition) is 3. The summed E-state index contributed by atoms with van der Waals surface area (Å²) in [7, 11) is 0. The first-order valence-electron chi connectivity index (χ1n) is 3.82. The molecular formula is C7H15NO3. The minimum atomic E-state index is -0.792. The maximum absolute atomic E-state index is 10.7. The summed E-state index contributed by atoms with van der Waals surface area (Å²) in [6.45, 7) is 4.07. The molecule has 4 nitrogen and oxygen atoms in total. The number of ether oxygens (including phenoxy) is 1. The number of aliphatic hydroxyl groups is 1. The molecule has 1 amide bonds. The molecule has 0 aromatic heterocycles. The van der Waals surface area contributed by atoms with Gasteiger partial charge in [0.15, 0.2) is 0 Å². The molecule has 0 rings (SSSR count). The van der Waals surface area contributed by atoms with E-state index < -0.39 is 12.3 Å². The van der Waals surface area contributed by atoms with Crippen LogP contribution in [0.5, 0.6) is 0 Å². The second-order valence-electron chi connectivity index (χ2n) is 2.20. The van der Waals surface area contributed by atoms with E-state index in [2.05, 4.69) is 10.1 Å². The zero-order valence-electron chi connectivity index (χ0n) is 6.96. The van der Waals surface area contributed by atoms with Gasteiger partial charge in [-0.2, -0.15) is 0 Å². The highest BCUT2D eigenvalue weighted by Crippen LogP contribution is 1.87. The van der Waals surface area contributed by atoms with Gasteiger partial charge in [-0.15, -0.1) is 0 Å². The highest BCUT2D eigenvalue weighted by atomic mass is 16.5. The van der Waals surface area contributed by atoms with Crippen LogP contribution in [-0.4, -0.2) is 24.0 Å². The van der Waals surface area contributed by atoms with Gasteiger partial charge in [-0.3, -0.25) is 5.32 Å². The number of rotatable bonds is 4. The Labute approximate surface area is 66.5 Å². The second kappa shape index (κ2) is 5.97. The number of carbonyl (C=O) groups is 1. The van der Waals surface area contributed by atoms with Crippen molar-refractivity contribution >= 4 is 6.09 Å². The smallest absolute Gasteiger partial charge is 0.409 e. The van der Waals surface area contributed by atoms with Crippen molar-refractivity contribution in [3.63, 3.8) is 0 Å². The Morgan fingerprint density at radius 3 is 2.73 bits per heavy atom. The van der Waals surface area contributed by atoms with E-state index in [0.29, 0.717) is 13.0 Å². The van der Waals surface area contributed by atoms with Crippen LogP contribution in [0.2, 0.25) is 0 Å². The average Bonchev–Trinajstić information content (AvgIpc) is 2.00. The lowest BCUT2D eigenvalue weighted by molar-refractivity contribution is 0.0968. The molecule has 1 atom stereocenters. The van der Waals surface area contributed by atoms with Crippen molar-refractivity contribution in [3.05, 3.63) is 0 Å². The fraction of sp³-hybridized carbons (Fsp3) is 0.857. The van der Waals surface area contributed by atoms with Gasteiger partial charge in [0.1, 0.15) is 6.23 Å². The Kier molecular flexibility index (Phi) is 5.56. The van der Waals surface area contributed by atoms with Gasteiger partial charge >= 0.3 is 6.09 Å². The third-order valence-corrected chi connectivity index (χ3v) is 1.11. The maximum Gasteiger partial charge on any atom is 0.409 e. The van der Waals surface area contributed by atoms with E-state index in [1.807, 2.05) is 6.92 Å². The second-order valence-corrected chi connectivity index (χ2v) is 2.20. The van der Waals surface area contributed by atoms with Crippen molar-refractivity contribution in [1.29, 1.82) is 0 Å². The van der Waals surface area contributed by atoms with Crippen molar-refractivity contribution in [1.82, 2.24) is 5.32 Å². The number of aliphatic hydroxyl groups excluding tert-OH is 1. The molecule has 0 saturated carbocycles. The van der Waals surface area contributed by atoms with Gasteiger partial charge in [-0.05, 0) is 12.8 Å². The lowest BCUT2D eigenvalue weighted by Crippen LogP contribution is -2.34. The fourth-order valence-corrected chi connectivity index (χ4v) is 0.475. The predicted octanol–water partition coefficient (Wildman–Crippen LogP) is 0.851. The molecular weight excluding hydrogens is 146 g/mol. The summed E-state index contributed by atoms with van der Waals surface area (Å²) in [6, 6.07) is 0. The SMILES string of the molecule is CCCOC(=O)NC(O)CC. The quantitative estimate of drug-likeness (QED) is 0.601. The van der Waals surface area contributed by atoms with Gasteiger partial charge in [0.2, 0.25) is 0 Å². The Balaban J connectivity index is 3.36. The van der Waals surface area contributed by atoms with Gasteiger partial charge in [-0.25, -0.2) is 4.79 Å². The predicted molar refractivity (Wildman–Crippen MR) is 41.1 cm³/mol. The van der Waals surface area contributed by atoms with Crippen molar-refractivity contribution in [2.75, 3.05) is 6.61 Å². The zero-order chi connectivity index (χ0) is 8.69. The molecule has 0 heterocycles. The maximum atomic E-state index is 10.7. The van der Waals surface area contributed by atoms with Gasteiger partial charge in [0.25, 0.3) is 0 Å². The van der Waals surface area contributed by atoms with Crippen LogP contribution in [0.1, 0.15) is 26.7 Å². The van der Waals surface area contributed by atoms with Gasteiger partial charge in [0, 0.05) is 0 Å². The van der Waals surface area contributed by atoms with Crippen LogP contribution in [0, 0.1) is 0 Å². The van der Waals surface area contributed by atoms with Crippen molar-refractivity contribution in [2.45, 2.75) is 32.9 Å². The lowest BCUT2D eigenvalue weighted by Gasteiger charge is -2.09. The summed E-state index contributed by atoms with van der Waals surface area (Å²) in [5.74, 6) is 0. The Hall–Kier alpha value is -0.770. The Morgan fingerprint density at radius 1 is 1.64 bits per heavy atom. The molecule has 0 aliphatic rings. The van der Waals surface area contributed by atoms with E-state index in [1.165, 1.54) is 0 Å². The third kappa shape index (κ3) is 5.66. The highest BCUT2D eigenvalue weighted by Gasteiger charge is 2.05. The van der Waals surface area contributed by atoms with Crippen molar-refractivity contribution < 1.29 is 14.6 Å². The van der Waals surface area contributed by atoms with Crippen molar-refractivity contribution in [2.24, 2.45) is 0 Å². The van der Waals surface area contributed by atoms with E-state index in [-0.39, 0.29) is 0 Å². The monoisotopic (exact) mass is 161 g/mol.